The molecule has 0 bridgehead atoms. The number of rotatable bonds is 11. The van der Waals surface area contributed by atoms with Crippen molar-refractivity contribution in [2.45, 2.75) is 26.4 Å². The Morgan fingerprint density at radius 3 is 2.36 bits per heavy atom. The summed E-state index contributed by atoms with van der Waals surface area (Å²) in [6.45, 7) is 5.00. The summed E-state index contributed by atoms with van der Waals surface area (Å²) < 4.78 is 22.5. The van der Waals surface area contributed by atoms with Crippen molar-refractivity contribution in [2.75, 3.05) is 36.6 Å². The quantitative estimate of drug-likeness (QED) is 0.393. The fourth-order valence-corrected chi connectivity index (χ4v) is 3.79. The van der Waals surface area contributed by atoms with E-state index in [1.807, 2.05) is 37.3 Å². The van der Waals surface area contributed by atoms with Crippen LogP contribution in [0.25, 0.3) is 0 Å². The van der Waals surface area contributed by atoms with Gasteiger partial charge in [0.25, 0.3) is 11.8 Å². The number of para-hydroxylation sites is 1. The molecule has 1 aliphatic heterocycles. The Hall–Kier alpha value is -4.20. The molecule has 0 aliphatic carbocycles. The Labute approximate surface area is 210 Å². The van der Waals surface area contributed by atoms with Crippen molar-refractivity contribution in [2.24, 2.45) is 0 Å². The van der Waals surface area contributed by atoms with Crippen LogP contribution in [-0.4, -0.2) is 44.3 Å². The SMILES string of the molecule is CCOc1ccc(OCC(=O)Nc2ccc3c(c2)N(CCCOc2ccccc2)C(=O)C(C)O3)cc1. The third kappa shape index (κ3) is 6.47. The Bertz CT molecular complexity index is 1170. The molecule has 8 heteroatoms. The number of nitrogens with one attached hydrogen (secondary N) is 1. The van der Waals surface area contributed by atoms with Crippen LogP contribution >= 0.6 is 0 Å². The Kier molecular flexibility index (Phi) is 8.28. The molecule has 36 heavy (non-hydrogen) atoms. The van der Waals surface area contributed by atoms with Gasteiger partial charge in [-0.1, -0.05) is 18.2 Å². The average Bonchev–Trinajstić information content (AvgIpc) is 2.89. The zero-order chi connectivity index (χ0) is 25.3. The summed E-state index contributed by atoms with van der Waals surface area (Å²) in [5.41, 5.74) is 1.16. The maximum Gasteiger partial charge on any atom is 0.267 e. The Morgan fingerprint density at radius 1 is 0.944 bits per heavy atom. The Morgan fingerprint density at radius 2 is 1.64 bits per heavy atom. The maximum absolute atomic E-state index is 12.9. The molecule has 0 spiro atoms. The molecule has 0 aromatic heterocycles. The van der Waals surface area contributed by atoms with E-state index in [0.717, 1.165) is 11.5 Å². The fraction of sp³-hybridized carbons (Fsp3) is 0.286. The van der Waals surface area contributed by atoms with Crippen LogP contribution < -0.4 is 29.2 Å². The molecule has 1 heterocycles. The number of nitrogens with zero attached hydrogens (tertiary/aromatic N) is 1. The fourth-order valence-electron chi connectivity index (χ4n) is 3.79. The molecule has 0 radical (unpaired) electrons. The smallest absolute Gasteiger partial charge is 0.267 e. The number of benzene rings is 3. The number of amides is 2. The number of fused-ring (bicyclic) bond motifs is 1. The van der Waals surface area contributed by atoms with Gasteiger partial charge in [0.15, 0.2) is 12.7 Å². The molecule has 3 aromatic carbocycles. The number of anilines is 2. The van der Waals surface area contributed by atoms with Gasteiger partial charge in [0.05, 0.1) is 18.9 Å². The zero-order valence-electron chi connectivity index (χ0n) is 20.4. The number of carbonyl (C=O) groups is 2. The summed E-state index contributed by atoms with van der Waals surface area (Å²) in [5, 5.41) is 2.82. The normalized spacial score (nSPS) is 14.4. The molecule has 3 aromatic rings. The molecule has 0 fully saturated rings. The van der Waals surface area contributed by atoms with Crippen LogP contribution in [0.15, 0.2) is 72.8 Å². The van der Waals surface area contributed by atoms with E-state index in [1.54, 1.807) is 54.3 Å². The summed E-state index contributed by atoms with van der Waals surface area (Å²) in [6.07, 6.45) is 0.0507. The van der Waals surface area contributed by atoms with Crippen LogP contribution in [0, 0.1) is 0 Å². The summed E-state index contributed by atoms with van der Waals surface area (Å²) >= 11 is 0. The van der Waals surface area contributed by atoms with Crippen molar-refractivity contribution >= 4 is 23.2 Å². The van der Waals surface area contributed by atoms with Crippen LogP contribution in [0.1, 0.15) is 20.3 Å². The zero-order valence-corrected chi connectivity index (χ0v) is 20.4. The molecule has 0 saturated carbocycles. The van der Waals surface area contributed by atoms with Crippen LogP contribution in [0.3, 0.4) is 0 Å². The van der Waals surface area contributed by atoms with Gasteiger partial charge >= 0.3 is 0 Å². The van der Waals surface area contributed by atoms with Gasteiger partial charge in [-0.3, -0.25) is 9.59 Å². The summed E-state index contributed by atoms with van der Waals surface area (Å²) in [7, 11) is 0. The predicted octanol–water partition coefficient (Wildman–Crippen LogP) is 4.69. The molecule has 0 saturated heterocycles. The molecular weight excluding hydrogens is 460 g/mol. The van der Waals surface area contributed by atoms with Crippen molar-refractivity contribution < 1.29 is 28.5 Å². The first-order valence-electron chi connectivity index (χ1n) is 12.0. The highest BCUT2D eigenvalue weighted by Gasteiger charge is 2.31. The maximum atomic E-state index is 12.9. The second-order valence-electron chi connectivity index (χ2n) is 8.19. The lowest BCUT2D eigenvalue weighted by Crippen LogP contribution is -2.45. The van der Waals surface area contributed by atoms with E-state index in [2.05, 4.69) is 5.32 Å². The van der Waals surface area contributed by atoms with E-state index in [0.29, 0.717) is 49.1 Å². The molecule has 2 amide bonds. The molecule has 4 rings (SSSR count). The minimum absolute atomic E-state index is 0.135. The second kappa shape index (κ2) is 12.0. The van der Waals surface area contributed by atoms with Crippen molar-refractivity contribution in [3.8, 4) is 23.0 Å². The standard InChI is InChI=1S/C28H30N2O6/c1-3-33-23-11-13-24(14-12-23)35-19-27(31)29-21-10-15-26-25(18-21)30(28(32)20(2)36-26)16-7-17-34-22-8-5-4-6-9-22/h4-6,8-15,18,20H,3,7,16-17,19H2,1-2H3,(H,29,31). The topological polar surface area (TPSA) is 86.3 Å². The molecule has 1 atom stereocenters. The molecule has 1 N–H and O–H groups in total. The van der Waals surface area contributed by atoms with Gasteiger partial charge in [-0.25, -0.2) is 0 Å². The number of carbonyl (C=O) groups excluding carboxylic acids is 2. The van der Waals surface area contributed by atoms with Crippen molar-refractivity contribution in [1.29, 1.82) is 0 Å². The monoisotopic (exact) mass is 490 g/mol. The largest absolute Gasteiger partial charge is 0.494 e. The van der Waals surface area contributed by atoms with Crippen LogP contribution in [0.4, 0.5) is 11.4 Å². The van der Waals surface area contributed by atoms with Crippen molar-refractivity contribution in [3.63, 3.8) is 0 Å². The summed E-state index contributed by atoms with van der Waals surface area (Å²) in [4.78, 5) is 27.0. The van der Waals surface area contributed by atoms with E-state index in [9.17, 15) is 9.59 Å². The van der Waals surface area contributed by atoms with Crippen LogP contribution in [0.5, 0.6) is 23.0 Å². The molecule has 8 nitrogen and oxygen atoms in total. The summed E-state index contributed by atoms with van der Waals surface area (Å²) in [6, 6.07) is 21.9. The first kappa shape index (κ1) is 24.9. The Balaban J connectivity index is 1.35. The first-order chi connectivity index (χ1) is 17.5. The number of ether oxygens (including phenoxy) is 4. The van der Waals surface area contributed by atoms with Gasteiger partial charge in [-0.05, 0) is 74.9 Å². The number of hydrogen-bond donors (Lipinski definition) is 1. The van der Waals surface area contributed by atoms with E-state index < -0.39 is 6.10 Å². The molecule has 188 valence electrons. The van der Waals surface area contributed by atoms with Gasteiger partial charge in [0.1, 0.15) is 23.0 Å². The highest BCUT2D eigenvalue weighted by molar-refractivity contribution is 6.01. The van der Waals surface area contributed by atoms with Gasteiger partial charge in [0, 0.05) is 12.2 Å². The van der Waals surface area contributed by atoms with E-state index in [1.165, 1.54) is 0 Å². The second-order valence-corrected chi connectivity index (χ2v) is 8.19. The molecule has 1 unspecified atom stereocenters. The van der Waals surface area contributed by atoms with Crippen LogP contribution in [-0.2, 0) is 9.59 Å². The third-order valence-electron chi connectivity index (χ3n) is 5.49. The van der Waals surface area contributed by atoms with Gasteiger partial charge in [-0.15, -0.1) is 0 Å². The number of hydrogen-bond acceptors (Lipinski definition) is 6. The highest BCUT2D eigenvalue weighted by atomic mass is 16.5. The van der Waals surface area contributed by atoms with Crippen molar-refractivity contribution in [3.05, 3.63) is 72.8 Å². The van der Waals surface area contributed by atoms with Gasteiger partial charge in [-0.2, -0.15) is 0 Å². The van der Waals surface area contributed by atoms with Crippen molar-refractivity contribution in [1.82, 2.24) is 0 Å². The lowest BCUT2D eigenvalue weighted by Gasteiger charge is -2.33. The van der Waals surface area contributed by atoms with Gasteiger partial charge in [0.2, 0.25) is 0 Å². The van der Waals surface area contributed by atoms with Gasteiger partial charge < -0.3 is 29.2 Å². The van der Waals surface area contributed by atoms with Crippen LogP contribution in [0.2, 0.25) is 0 Å². The average molecular weight is 491 g/mol. The van der Waals surface area contributed by atoms with E-state index in [-0.39, 0.29) is 18.4 Å². The summed E-state index contributed by atoms with van der Waals surface area (Å²) in [5.74, 6) is 2.24. The molecule has 1 aliphatic rings. The third-order valence-corrected chi connectivity index (χ3v) is 5.49. The highest BCUT2D eigenvalue weighted by Crippen LogP contribution is 2.36. The predicted molar refractivity (Wildman–Crippen MR) is 137 cm³/mol. The minimum atomic E-state index is -0.588. The minimum Gasteiger partial charge on any atom is -0.494 e. The van der Waals surface area contributed by atoms with E-state index >= 15 is 0 Å². The van der Waals surface area contributed by atoms with E-state index in [4.69, 9.17) is 18.9 Å². The lowest BCUT2D eigenvalue weighted by atomic mass is 10.1. The lowest BCUT2D eigenvalue weighted by molar-refractivity contribution is -0.125. The molecular formula is C28H30N2O6. The first-order valence-corrected chi connectivity index (χ1v) is 12.0.